The maximum absolute atomic E-state index is 13.5. The van der Waals surface area contributed by atoms with Crippen LogP contribution in [0.1, 0.15) is 5.56 Å². The van der Waals surface area contributed by atoms with E-state index < -0.39 is 12.9 Å². The number of benzene rings is 1. The first kappa shape index (κ1) is 13.0. The zero-order chi connectivity index (χ0) is 13.1. The minimum atomic E-state index is -1.81. The SMILES string of the molecule is O=C1CN(Cc2ccc(B(O)O)c(F)c2)CCN1. The van der Waals surface area contributed by atoms with Crippen molar-refractivity contribution in [2.24, 2.45) is 0 Å². The first-order valence-electron chi connectivity index (χ1n) is 5.70. The van der Waals surface area contributed by atoms with Gasteiger partial charge in [0.2, 0.25) is 5.91 Å². The minimum absolute atomic E-state index is 0.0378. The van der Waals surface area contributed by atoms with Crippen molar-refractivity contribution in [2.75, 3.05) is 19.6 Å². The standard InChI is InChI=1S/C11H14BFN2O3/c13-10-5-8(1-2-9(10)12(17)18)6-15-4-3-14-11(16)7-15/h1-2,5,17-18H,3-4,6-7H2,(H,14,16). The van der Waals surface area contributed by atoms with E-state index in [1.165, 1.54) is 12.1 Å². The summed E-state index contributed by atoms with van der Waals surface area (Å²) in [6, 6.07) is 4.24. The molecule has 18 heavy (non-hydrogen) atoms. The molecule has 2 rings (SSSR count). The summed E-state index contributed by atoms with van der Waals surface area (Å²) in [5, 5.41) is 20.5. The van der Waals surface area contributed by atoms with Crippen LogP contribution in [0.5, 0.6) is 0 Å². The molecule has 0 aromatic heterocycles. The van der Waals surface area contributed by atoms with E-state index >= 15 is 0 Å². The summed E-state index contributed by atoms with van der Waals surface area (Å²) in [7, 11) is -1.81. The van der Waals surface area contributed by atoms with E-state index in [1.807, 2.05) is 4.90 Å². The molecule has 5 nitrogen and oxygen atoms in total. The summed E-state index contributed by atoms with van der Waals surface area (Å²) < 4.78 is 13.5. The molecule has 0 saturated carbocycles. The summed E-state index contributed by atoms with van der Waals surface area (Å²) in [6.45, 7) is 2.07. The van der Waals surface area contributed by atoms with Gasteiger partial charge in [-0.05, 0) is 11.6 Å². The summed E-state index contributed by atoms with van der Waals surface area (Å²) in [5.41, 5.74) is 0.557. The molecule has 0 unspecified atom stereocenters. The van der Waals surface area contributed by atoms with Crippen LogP contribution in [0.2, 0.25) is 0 Å². The van der Waals surface area contributed by atoms with E-state index in [9.17, 15) is 9.18 Å². The van der Waals surface area contributed by atoms with Crippen LogP contribution in [0.3, 0.4) is 0 Å². The number of hydrogen-bond donors (Lipinski definition) is 3. The van der Waals surface area contributed by atoms with Crippen molar-refractivity contribution in [2.45, 2.75) is 6.54 Å². The van der Waals surface area contributed by atoms with Gasteiger partial charge in [-0.2, -0.15) is 0 Å². The Hall–Kier alpha value is -1.44. The zero-order valence-corrected chi connectivity index (χ0v) is 9.77. The minimum Gasteiger partial charge on any atom is -0.423 e. The molecule has 0 atom stereocenters. The van der Waals surface area contributed by atoms with Crippen molar-refractivity contribution in [1.82, 2.24) is 10.2 Å². The number of carbonyl (C=O) groups is 1. The van der Waals surface area contributed by atoms with Gasteiger partial charge in [0.25, 0.3) is 0 Å². The lowest BCUT2D eigenvalue weighted by molar-refractivity contribution is -0.124. The van der Waals surface area contributed by atoms with Gasteiger partial charge in [0.05, 0.1) is 6.54 Å². The van der Waals surface area contributed by atoms with Gasteiger partial charge in [-0.3, -0.25) is 9.69 Å². The molecule has 1 aromatic rings. The molecule has 0 bridgehead atoms. The average molecular weight is 252 g/mol. The van der Waals surface area contributed by atoms with Crippen LogP contribution in [0.15, 0.2) is 18.2 Å². The Labute approximate surface area is 104 Å². The van der Waals surface area contributed by atoms with Crippen LogP contribution < -0.4 is 10.8 Å². The number of carbonyl (C=O) groups excluding carboxylic acids is 1. The van der Waals surface area contributed by atoms with Crippen molar-refractivity contribution in [3.63, 3.8) is 0 Å². The summed E-state index contributed by atoms with van der Waals surface area (Å²) in [5.74, 6) is -0.687. The van der Waals surface area contributed by atoms with Crippen LogP contribution >= 0.6 is 0 Å². The Morgan fingerprint density at radius 2 is 2.22 bits per heavy atom. The highest BCUT2D eigenvalue weighted by atomic mass is 19.1. The first-order valence-corrected chi connectivity index (χ1v) is 5.70. The third-order valence-corrected chi connectivity index (χ3v) is 2.87. The lowest BCUT2D eigenvalue weighted by atomic mass is 9.79. The second-order valence-electron chi connectivity index (χ2n) is 4.29. The monoisotopic (exact) mass is 252 g/mol. The Morgan fingerprint density at radius 1 is 1.44 bits per heavy atom. The number of hydrogen-bond acceptors (Lipinski definition) is 4. The Kier molecular flexibility index (Phi) is 3.95. The molecule has 0 aliphatic carbocycles. The maximum atomic E-state index is 13.5. The quantitative estimate of drug-likeness (QED) is 0.569. The second kappa shape index (κ2) is 5.47. The van der Waals surface area contributed by atoms with Gasteiger partial charge in [-0.25, -0.2) is 4.39 Å². The molecule has 1 aliphatic rings. The van der Waals surface area contributed by atoms with Crippen molar-refractivity contribution >= 4 is 18.5 Å². The number of piperazine rings is 1. The molecule has 1 saturated heterocycles. The normalized spacial score (nSPS) is 16.5. The van der Waals surface area contributed by atoms with Gasteiger partial charge < -0.3 is 15.4 Å². The van der Waals surface area contributed by atoms with Gasteiger partial charge in [-0.1, -0.05) is 12.1 Å². The molecule has 96 valence electrons. The maximum Gasteiger partial charge on any atom is 0.491 e. The topological polar surface area (TPSA) is 72.8 Å². The third-order valence-electron chi connectivity index (χ3n) is 2.87. The summed E-state index contributed by atoms with van der Waals surface area (Å²) in [4.78, 5) is 13.1. The molecule has 3 N–H and O–H groups in total. The predicted molar refractivity (Wildman–Crippen MR) is 64.5 cm³/mol. The van der Waals surface area contributed by atoms with Crippen molar-refractivity contribution in [3.05, 3.63) is 29.6 Å². The highest BCUT2D eigenvalue weighted by Gasteiger charge is 2.19. The van der Waals surface area contributed by atoms with Crippen molar-refractivity contribution in [1.29, 1.82) is 0 Å². The van der Waals surface area contributed by atoms with E-state index in [0.717, 1.165) is 6.54 Å². The average Bonchev–Trinajstić information content (AvgIpc) is 2.28. The first-order chi connectivity index (χ1) is 8.56. The number of nitrogens with one attached hydrogen (secondary N) is 1. The predicted octanol–water partition coefficient (Wildman–Crippen LogP) is -1.56. The van der Waals surface area contributed by atoms with E-state index in [2.05, 4.69) is 5.32 Å². The Bertz CT molecular complexity index is 456. The highest BCUT2D eigenvalue weighted by molar-refractivity contribution is 6.58. The van der Waals surface area contributed by atoms with Crippen LogP contribution in [0.4, 0.5) is 4.39 Å². The third kappa shape index (κ3) is 3.07. The van der Waals surface area contributed by atoms with E-state index in [4.69, 9.17) is 10.0 Å². The van der Waals surface area contributed by atoms with Gasteiger partial charge in [0, 0.05) is 25.1 Å². The lowest BCUT2D eigenvalue weighted by Gasteiger charge is -2.26. The summed E-state index contributed by atoms with van der Waals surface area (Å²) >= 11 is 0. The number of nitrogens with zero attached hydrogens (tertiary/aromatic N) is 1. The number of halogens is 1. The second-order valence-corrected chi connectivity index (χ2v) is 4.29. The molecular weight excluding hydrogens is 238 g/mol. The van der Waals surface area contributed by atoms with E-state index in [-0.39, 0.29) is 11.4 Å². The highest BCUT2D eigenvalue weighted by Crippen LogP contribution is 2.07. The fraction of sp³-hybridized carbons (Fsp3) is 0.364. The van der Waals surface area contributed by atoms with Gasteiger partial charge >= 0.3 is 7.12 Å². The largest absolute Gasteiger partial charge is 0.491 e. The van der Waals surface area contributed by atoms with Gasteiger partial charge in [-0.15, -0.1) is 0 Å². The van der Waals surface area contributed by atoms with E-state index in [1.54, 1.807) is 6.07 Å². The fourth-order valence-electron chi connectivity index (χ4n) is 1.96. The van der Waals surface area contributed by atoms with Crippen LogP contribution in [0.25, 0.3) is 0 Å². The molecule has 1 amide bonds. The number of rotatable bonds is 3. The van der Waals surface area contributed by atoms with Gasteiger partial charge in [0.1, 0.15) is 5.82 Å². The number of amides is 1. The molecule has 1 fully saturated rings. The van der Waals surface area contributed by atoms with Crippen LogP contribution in [0, 0.1) is 5.82 Å². The van der Waals surface area contributed by atoms with Crippen LogP contribution in [-0.4, -0.2) is 47.6 Å². The Balaban J connectivity index is 2.05. The van der Waals surface area contributed by atoms with E-state index in [0.29, 0.717) is 25.2 Å². The summed E-state index contributed by atoms with van der Waals surface area (Å²) in [6.07, 6.45) is 0. The smallest absolute Gasteiger partial charge is 0.423 e. The zero-order valence-electron chi connectivity index (χ0n) is 9.77. The molecule has 1 heterocycles. The fourth-order valence-corrected chi connectivity index (χ4v) is 1.96. The lowest BCUT2D eigenvalue weighted by Crippen LogP contribution is -2.47. The van der Waals surface area contributed by atoms with Crippen LogP contribution in [-0.2, 0) is 11.3 Å². The molecule has 0 spiro atoms. The molecule has 7 heteroatoms. The Morgan fingerprint density at radius 3 is 2.83 bits per heavy atom. The molecule has 0 radical (unpaired) electrons. The molecule has 1 aromatic carbocycles. The molecular formula is C11H14BFN2O3. The van der Waals surface area contributed by atoms with Crippen molar-refractivity contribution in [3.8, 4) is 0 Å². The molecule has 1 aliphatic heterocycles. The van der Waals surface area contributed by atoms with Gasteiger partial charge in [0.15, 0.2) is 0 Å². The van der Waals surface area contributed by atoms with Crippen molar-refractivity contribution < 1.29 is 19.2 Å².